The van der Waals surface area contributed by atoms with E-state index in [1.807, 2.05) is 0 Å². The summed E-state index contributed by atoms with van der Waals surface area (Å²) in [7, 11) is -3.84. The molecule has 20 heavy (non-hydrogen) atoms. The quantitative estimate of drug-likeness (QED) is 0.869. The molecule has 0 aliphatic rings. The maximum atomic E-state index is 13.5. The molecular weight excluding hydrogens is 311 g/mol. The Labute approximate surface area is 121 Å². The van der Waals surface area contributed by atoms with Gasteiger partial charge in [0.1, 0.15) is 5.82 Å². The van der Waals surface area contributed by atoms with Gasteiger partial charge in [-0.15, -0.1) is 0 Å². The molecule has 0 fully saturated rings. The summed E-state index contributed by atoms with van der Waals surface area (Å²) in [6.45, 7) is 3.43. The van der Waals surface area contributed by atoms with Crippen molar-refractivity contribution in [1.82, 2.24) is 0 Å². The number of sulfone groups is 1. The summed E-state index contributed by atoms with van der Waals surface area (Å²) in [4.78, 5) is 10.5. The Morgan fingerprint density at radius 1 is 1.45 bits per heavy atom. The second kappa shape index (κ2) is 6.51. The van der Waals surface area contributed by atoms with E-state index in [0.29, 0.717) is 6.07 Å². The van der Waals surface area contributed by atoms with Crippen molar-refractivity contribution in [3.8, 4) is 0 Å². The van der Waals surface area contributed by atoms with E-state index in [1.165, 1.54) is 0 Å². The first-order valence-corrected chi connectivity index (χ1v) is 7.75. The van der Waals surface area contributed by atoms with Gasteiger partial charge >= 0.3 is 5.97 Å². The van der Waals surface area contributed by atoms with Crippen LogP contribution in [0.2, 0.25) is 5.02 Å². The molecule has 1 aromatic rings. The van der Waals surface area contributed by atoms with Gasteiger partial charge < -0.3 is 9.84 Å². The van der Waals surface area contributed by atoms with Gasteiger partial charge in [-0.2, -0.15) is 0 Å². The van der Waals surface area contributed by atoms with Crippen LogP contribution in [0.5, 0.6) is 0 Å². The molecule has 8 heteroatoms. The molecule has 0 bridgehead atoms. The lowest BCUT2D eigenvalue weighted by molar-refractivity contribution is 0.0696. The average molecular weight is 325 g/mol. The summed E-state index contributed by atoms with van der Waals surface area (Å²) < 4.78 is 42.5. The van der Waals surface area contributed by atoms with Crippen LogP contribution in [0.3, 0.4) is 0 Å². The summed E-state index contributed by atoms with van der Waals surface area (Å²) >= 11 is 5.48. The highest BCUT2D eigenvalue weighted by molar-refractivity contribution is 7.91. The lowest BCUT2D eigenvalue weighted by Crippen LogP contribution is -2.16. The Hall–Kier alpha value is -1.18. The van der Waals surface area contributed by atoms with Crippen LogP contribution in [0.15, 0.2) is 17.0 Å². The predicted molar refractivity (Wildman–Crippen MR) is 71.5 cm³/mol. The topological polar surface area (TPSA) is 80.7 Å². The molecule has 0 unspecified atom stereocenters. The zero-order valence-corrected chi connectivity index (χ0v) is 12.5. The van der Waals surface area contributed by atoms with E-state index in [9.17, 15) is 17.6 Å². The number of hydrogen-bond donors (Lipinski definition) is 1. The summed E-state index contributed by atoms with van der Waals surface area (Å²) in [5.41, 5.74) is -0.588. The molecule has 1 aromatic carbocycles. The lowest BCUT2D eigenvalue weighted by Gasteiger charge is -2.09. The van der Waals surface area contributed by atoms with Crippen LogP contribution in [0, 0.1) is 5.82 Å². The molecule has 0 amide bonds. The minimum Gasteiger partial charge on any atom is -0.478 e. The molecule has 0 aliphatic carbocycles. The highest BCUT2D eigenvalue weighted by atomic mass is 35.5. The van der Waals surface area contributed by atoms with Crippen LogP contribution >= 0.6 is 11.6 Å². The van der Waals surface area contributed by atoms with Crippen molar-refractivity contribution in [3.05, 3.63) is 28.5 Å². The van der Waals surface area contributed by atoms with E-state index >= 15 is 0 Å². The maximum absolute atomic E-state index is 13.5. The predicted octanol–water partition coefficient (Wildman–Crippen LogP) is 2.38. The molecule has 0 aliphatic heterocycles. The van der Waals surface area contributed by atoms with Crippen LogP contribution in [-0.4, -0.2) is 38.0 Å². The Morgan fingerprint density at radius 3 is 2.55 bits per heavy atom. The van der Waals surface area contributed by atoms with E-state index in [1.54, 1.807) is 13.8 Å². The molecule has 0 aromatic heterocycles. The fraction of sp³-hybridized carbons (Fsp3) is 0.417. The van der Waals surface area contributed by atoms with E-state index < -0.39 is 37.1 Å². The zero-order chi connectivity index (χ0) is 15.5. The van der Waals surface area contributed by atoms with Crippen molar-refractivity contribution in [3.63, 3.8) is 0 Å². The lowest BCUT2D eigenvalue weighted by atomic mass is 10.2. The smallest absolute Gasteiger partial charge is 0.337 e. The van der Waals surface area contributed by atoms with Gasteiger partial charge in [-0.3, -0.25) is 0 Å². The molecular formula is C12H14ClFO5S. The summed E-state index contributed by atoms with van der Waals surface area (Å²) in [6.07, 6.45) is -0.137. The molecule has 0 atom stereocenters. The third-order valence-electron chi connectivity index (χ3n) is 2.39. The van der Waals surface area contributed by atoms with Crippen LogP contribution in [-0.2, 0) is 14.6 Å². The summed E-state index contributed by atoms with van der Waals surface area (Å²) in [5, 5.41) is 8.24. The van der Waals surface area contributed by atoms with Crippen molar-refractivity contribution in [2.45, 2.75) is 24.8 Å². The first kappa shape index (κ1) is 16.9. The van der Waals surface area contributed by atoms with Gasteiger partial charge in [-0.25, -0.2) is 17.6 Å². The van der Waals surface area contributed by atoms with E-state index in [0.717, 1.165) is 6.07 Å². The van der Waals surface area contributed by atoms with Crippen molar-refractivity contribution in [2.75, 3.05) is 12.4 Å². The number of aromatic carboxylic acids is 1. The largest absolute Gasteiger partial charge is 0.478 e. The number of benzene rings is 1. The number of halogens is 2. The van der Waals surface area contributed by atoms with Gasteiger partial charge in [-0.1, -0.05) is 11.6 Å². The molecule has 0 heterocycles. The van der Waals surface area contributed by atoms with E-state index in [2.05, 4.69) is 0 Å². The van der Waals surface area contributed by atoms with Crippen LogP contribution < -0.4 is 0 Å². The van der Waals surface area contributed by atoms with Gasteiger partial charge in [0, 0.05) is 0 Å². The molecule has 1 N–H and O–H groups in total. The normalized spacial score (nSPS) is 11.8. The van der Waals surface area contributed by atoms with Gasteiger partial charge in [0.05, 0.1) is 33.9 Å². The highest BCUT2D eigenvalue weighted by Gasteiger charge is 2.22. The number of ether oxygens (including phenoxy) is 1. The Balaban J connectivity index is 3.10. The number of hydrogen-bond acceptors (Lipinski definition) is 4. The van der Waals surface area contributed by atoms with E-state index in [-0.39, 0.29) is 18.5 Å². The fourth-order valence-corrected chi connectivity index (χ4v) is 2.73. The van der Waals surface area contributed by atoms with Crippen molar-refractivity contribution >= 4 is 27.4 Å². The molecule has 112 valence electrons. The molecule has 0 spiro atoms. The zero-order valence-electron chi connectivity index (χ0n) is 10.9. The average Bonchev–Trinajstić information content (AvgIpc) is 2.31. The van der Waals surface area contributed by atoms with Gasteiger partial charge in [0.2, 0.25) is 0 Å². The van der Waals surface area contributed by atoms with Crippen LogP contribution in [0.1, 0.15) is 24.2 Å². The number of carboxylic acids is 1. The molecule has 5 nitrogen and oxygen atoms in total. The molecule has 0 saturated carbocycles. The van der Waals surface area contributed by atoms with Crippen molar-refractivity contribution in [2.24, 2.45) is 0 Å². The summed E-state index contributed by atoms with van der Waals surface area (Å²) in [5.74, 6) is -2.95. The SMILES string of the molecule is CC(C)OCCS(=O)(=O)c1cc(F)c(Cl)c(C(=O)O)c1. The minimum atomic E-state index is -3.84. The molecule has 0 radical (unpaired) electrons. The number of carbonyl (C=O) groups is 1. The third kappa shape index (κ3) is 4.16. The van der Waals surface area contributed by atoms with Crippen molar-refractivity contribution < 1.29 is 27.4 Å². The third-order valence-corrected chi connectivity index (χ3v) is 4.44. The van der Waals surface area contributed by atoms with Crippen molar-refractivity contribution in [1.29, 1.82) is 0 Å². The van der Waals surface area contributed by atoms with Gasteiger partial charge in [0.25, 0.3) is 0 Å². The summed E-state index contributed by atoms with van der Waals surface area (Å²) in [6, 6.07) is 1.55. The first-order valence-electron chi connectivity index (χ1n) is 5.72. The van der Waals surface area contributed by atoms with Crippen LogP contribution in [0.25, 0.3) is 0 Å². The first-order chi connectivity index (χ1) is 9.15. The number of carboxylic acid groups (broad SMARTS) is 1. The van der Waals surface area contributed by atoms with Gasteiger partial charge in [-0.05, 0) is 26.0 Å². The minimum absolute atomic E-state index is 0.0628. The maximum Gasteiger partial charge on any atom is 0.337 e. The highest BCUT2D eigenvalue weighted by Crippen LogP contribution is 2.25. The Morgan fingerprint density at radius 2 is 2.05 bits per heavy atom. The molecule has 0 saturated heterocycles. The second-order valence-corrected chi connectivity index (χ2v) is 6.80. The standard InChI is InChI=1S/C12H14ClFO5S/c1-7(2)19-3-4-20(17,18)8-5-9(12(15)16)11(13)10(14)6-8/h5-7H,3-4H2,1-2H3,(H,15,16). The van der Waals surface area contributed by atoms with Crippen LogP contribution in [0.4, 0.5) is 4.39 Å². The monoisotopic (exact) mass is 324 g/mol. The van der Waals surface area contributed by atoms with Gasteiger partial charge in [0.15, 0.2) is 9.84 Å². The molecule has 1 rings (SSSR count). The Bertz CT molecular complexity index is 613. The Kier molecular flexibility index (Phi) is 5.50. The van der Waals surface area contributed by atoms with E-state index in [4.69, 9.17) is 21.4 Å². The number of rotatable bonds is 6. The fourth-order valence-electron chi connectivity index (χ4n) is 1.41. The second-order valence-electron chi connectivity index (χ2n) is 4.31.